The Morgan fingerprint density at radius 3 is 2.20 bits per heavy atom. The van der Waals surface area contributed by atoms with Crippen LogP contribution in [0, 0.1) is 5.82 Å². The Kier molecular flexibility index (Phi) is 7.66. The molecule has 0 amide bonds. The van der Waals surface area contributed by atoms with Crippen molar-refractivity contribution < 1.29 is 40.6 Å². The summed E-state index contributed by atoms with van der Waals surface area (Å²) in [6, 6.07) is 7.15. The minimum atomic E-state index is -4.98. The molecule has 1 saturated heterocycles. The van der Waals surface area contributed by atoms with Crippen LogP contribution in [0.3, 0.4) is 0 Å². The number of nitrogens with zero attached hydrogens (tertiary/aromatic N) is 4. The van der Waals surface area contributed by atoms with Crippen LogP contribution in [0.2, 0.25) is 0 Å². The van der Waals surface area contributed by atoms with E-state index < -0.39 is 53.5 Å². The van der Waals surface area contributed by atoms with Gasteiger partial charge in [0, 0.05) is 32.0 Å². The van der Waals surface area contributed by atoms with Gasteiger partial charge < -0.3 is 14.4 Å². The maximum atomic E-state index is 13.7. The van der Waals surface area contributed by atoms with E-state index in [2.05, 4.69) is 10.2 Å². The number of hydrogen-bond acceptors (Lipinski definition) is 5. The van der Waals surface area contributed by atoms with Crippen molar-refractivity contribution in [3.05, 3.63) is 82.2 Å². The van der Waals surface area contributed by atoms with Gasteiger partial charge in [0.25, 0.3) is 0 Å². The predicted octanol–water partition coefficient (Wildman–Crippen LogP) is 5.51. The molecule has 3 aromatic rings. The van der Waals surface area contributed by atoms with Gasteiger partial charge in [0.15, 0.2) is 0 Å². The third kappa shape index (κ3) is 6.16. The summed E-state index contributed by atoms with van der Waals surface area (Å²) in [6.07, 6.45) is -11.3. The number of halogens is 7. The van der Waals surface area contributed by atoms with Crippen LogP contribution in [0.15, 0.2) is 42.5 Å². The minimum absolute atomic E-state index is 0.0848. The molecule has 0 aliphatic carbocycles. The summed E-state index contributed by atoms with van der Waals surface area (Å²) < 4.78 is 102. The average Bonchev–Trinajstić information content (AvgIpc) is 3.48. The molecule has 1 aromatic heterocycles. The van der Waals surface area contributed by atoms with E-state index in [-0.39, 0.29) is 18.1 Å². The molecular weight excluding hydrogens is 545 g/mol. The molecule has 13 heteroatoms. The fourth-order valence-corrected chi connectivity index (χ4v) is 5.37. The fourth-order valence-electron chi connectivity index (χ4n) is 5.37. The first-order valence-electron chi connectivity index (χ1n) is 12.8. The number of benzene rings is 2. The Morgan fingerprint density at radius 1 is 0.975 bits per heavy atom. The van der Waals surface area contributed by atoms with Crippen molar-refractivity contribution in [1.82, 2.24) is 19.7 Å². The number of aliphatic hydroxyl groups excluding tert-OH is 1. The number of aromatic nitrogens is 3. The topological polar surface area (TPSA) is 63.4 Å². The molecule has 4 atom stereocenters. The third-order valence-electron chi connectivity index (χ3n) is 7.48. The molecule has 40 heavy (non-hydrogen) atoms. The monoisotopic (exact) mass is 572 g/mol. The normalized spacial score (nSPS) is 22.9. The average molecular weight is 573 g/mol. The predicted molar refractivity (Wildman–Crippen MR) is 129 cm³/mol. The van der Waals surface area contributed by atoms with E-state index >= 15 is 0 Å². The molecule has 0 bridgehead atoms. The quantitative estimate of drug-likeness (QED) is 0.395. The van der Waals surface area contributed by atoms with Gasteiger partial charge in [-0.3, -0.25) is 4.90 Å². The summed E-state index contributed by atoms with van der Waals surface area (Å²) >= 11 is 0. The highest BCUT2D eigenvalue weighted by Crippen LogP contribution is 2.40. The van der Waals surface area contributed by atoms with E-state index in [1.165, 1.54) is 19.1 Å². The highest BCUT2D eigenvalue weighted by molar-refractivity contribution is 5.35. The molecule has 3 heterocycles. The van der Waals surface area contributed by atoms with Gasteiger partial charge in [0.05, 0.1) is 36.0 Å². The largest absolute Gasteiger partial charge is 0.416 e. The lowest BCUT2D eigenvalue weighted by Gasteiger charge is -2.35. The van der Waals surface area contributed by atoms with Gasteiger partial charge in [-0.15, -0.1) is 10.2 Å². The zero-order valence-electron chi connectivity index (χ0n) is 21.4. The number of hydrogen-bond donors (Lipinski definition) is 1. The van der Waals surface area contributed by atoms with E-state index in [0.29, 0.717) is 61.9 Å². The molecule has 0 radical (unpaired) electrons. The lowest BCUT2D eigenvalue weighted by atomic mass is 9.88. The highest BCUT2D eigenvalue weighted by Gasteiger charge is 2.39. The van der Waals surface area contributed by atoms with E-state index in [0.717, 1.165) is 0 Å². The number of rotatable bonds is 6. The molecule has 1 N–H and O–H groups in total. The van der Waals surface area contributed by atoms with Gasteiger partial charge >= 0.3 is 12.4 Å². The van der Waals surface area contributed by atoms with Crippen molar-refractivity contribution in [2.75, 3.05) is 13.1 Å². The van der Waals surface area contributed by atoms with Crippen LogP contribution >= 0.6 is 0 Å². The summed E-state index contributed by atoms with van der Waals surface area (Å²) in [5.74, 6) is 0.357. The minimum Gasteiger partial charge on any atom is -0.392 e. The Labute approximate surface area is 225 Å². The summed E-state index contributed by atoms with van der Waals surface area (Å²) in [6.45, 7) is 3.37. The summed E-state index contributed by atoms with van der Waals surface area (Å²) in [7, 11) is 0. The smallest absolute Gasteiger partial charge is 0.392 e. The highest BCUT2D eigenvalue weighted by atomic mass is 19.4. The number of ether oxygens (including phenoxy) is 1. The molecule has 5 rings (SSSR count). The van der Waals surface area contributed by atoms with Crippen molar-refractivity contribution in [3.63, 3.8) is 0 Å². The van der Waals surface area contributed by atoms with Crippen molar-refractivity contribution in [1.29, 1.82) is 0 Å². The molecular formula is C27H27F7N4O2. The molecule has 0 spiro atoms. The molecule has 2 aliphatic heterocycles. The second-order valence-corrected chi connectivity index (χ2v) is 10.3. The van der Waals surface area contributed by atoms with Crippen LogP contribution in [-0.4, -0.2) is 50.1 Å². The number of likely N-dealkylation sites (tertiary alicyclic amines) is 1. The summed E-state index contributed by atoms with van der Waals surface area (Å²) in [5, 5.41) is 18.4. The van der Waals surface area contributed by atoms with Gasteiger partial charge in [0.1, 0.15) is 17.5 Å². The Hall–Kier alpha value is -3.03. The summed E-state index contributed by atoms with van der Waals surface area (Å²) in [4.78, 5) is 2.05. The van der Waals surface area contributed by atoms with Crippen molar-refractivity contribution in [2.45, 2.75) is 69.4 Å². The van der Waals surface area contributed by atoms with Crippen LogP contribution in [0.25, 0.3) is 0 Å². The Balaban J connectivity index is 1.45. The van der Waals surface area contributed by atoms with Crippen LogP contribution in [0.5, 0.6) is 0 Å². The first kappa shape index (κ1) is 28.5. The Bertz CT molecular complexity index is 1310. The molecule has 2 aromatic carbocycles. The second-order valence-electron chi connectivity index (χ2n) is 10.3. The second kappa shape index (κ2) is 10.7. The standard InChI is InChI=1S/C27H27F7N4O2/c1-15(17-8-18(26(29,30)31)10-19(9-17)27(32,33)34)40-23-11-24-35-36-25(14-37-7-6-21(39)12-37)38(24)13-22(23)16-2-4-20(28)5-3-16/h2-5,8-10,15,21-23,39H,6-7,11-14H2,1H3/t15-,21+,22-,23+/m1/s1. The van der Waals surface area contributed by atoms with Crippen LogP contribution < -0.4 is 0 Å². The maximum Gasteiger partial charge on any atom is 0.416 e. The fraction of sp³-hybridized carbons (Fsp3) is 0.481. The van der Waals surface area contributed by atoms with Crippen molar-refractivity contribution >= 4 is 0 Å². The van der Waals surface area contributed by atoms with E-state index in [4.69, 9.17) is 4.74 Å². The summed E-state index contributed by atoms with van der Waals surface area (Å²) in [5.41, 5.74) is -2.40. The number of fused-ring (bicyclic) bond motifs is 1. The number of β-amino-alcohol motifs (C(OH)–C–C–N with tert-alkyl or cyclic N) is 1. The molecule has 1 fully saturated rings. The maximum absolute atomic E-state index is 13.7. The third-order valence-corrected chi connectivity index (χ3v) is 7.48. The van der Waals surface area contributed by atoms with Crippen LogP contribution in [-0.2, 0) is 36.6 Å². The zero-order chi connectivity index (χ0) is 28.8. The van der Waals surface area contributed by atoms with Crippen LogP contribution in [0.1, 0.15) is 59.3 Å². The van der Waals surface area contributed by atoms with Gasteiger partial charge in [-0.2, -0.15) is 26.3 Å². The van der Waals surface area contributed by atoms with E-state index in [9.17, 15) is 35.8 Å². The van der Waals surface area contributed by atoms with Crippen molar-refractivity contribution in [3.8, 4) is 0 Å². The molecule has 6 nitrogen and oxygen atoms in total. The molecule has 216 valence electrons. The SMILES string of the molecule is C[C@@H](O[C@H]1Cc2nnc(CN3CC[C@H](O)C3)n2C[C@@H]1c1ccc(F)cc1)c1cc(C(F)(F)F)cc(C(F)(F)F)c1. The number of alkyl halides is 6. The van der Waals surface area contributed by atoms with Crippen LogP contribution in [0.4, 0.5) is 30.7 Å². The van der Waals surface area contributed by atoms with Gasteiger partial charge in [-0.05, 0) is 54.8 Å². The van der Waals surface area contributed by atoms with E-state index in [1.54, 1.807) is 12.1 Å². The molecule has 2 aliphatic rings. The number of aliphatic hydroxyl groups is 1. The molecule has 0 unspecified atom stereocenters. The van der Waals surface area contributed by atoms with Gasteiger partial charge in [-0.1, -0.05) is 12.1 Å². The first-order valence-corrected chi connectivity index (χ1v) is 12.8. The van der Waals surface area contributed by atoms with Gasteiger partial charge in [-0.25, -0.2) is 4.39 Å². The molecule has 0 saturated carbocycles. The van der Waals surface area contributed by atoms with E-state index in [1.807, 2.05) is 9.47 Å². The first-order chi connectivity index (χ1) is 18.8. The van der Waals surface area contributed by atoms with Gasteiger partial charge in [0.2, 0.25) is 0 Å². The lowest BCUT2D eigenvalue weighted by molar-refractivity contribution is -0.143. The zero-order valence-corrected chi connectivity index (χ0v) is 21.4. The Morgan fingerprint density at radius 2 is 1.62 bits per heavy atom. The lowest BCUT2D eigenvalue weighted by Crippen LogP contribution is -2.36. The van der Waals surface area contributed by atoms with Crippen molar-refractivity contribution in [2.24, 2.45) is 0 Å².